The van der Waals surface area contributed by atoms with Gasteiger partial charge in [0, 0.05) is 58.9 Å². The number of ether oxygens (including phenoxy) is 2. The van der Waals surface area contributed by atoms with Crippen LogP contribution in [0.15, 0.2) is 131 Å². The topological polar surface area (TPSA) is 158 Å². The Kier molecular flexibility index (Phi) is 18.6. The highest BCUT2D eigenvalue weighted by molar-refractivity contribution is 5.86. The van der Waals surface area contributed by atoms with Crippen LogP contribution in [0.3, 0.4) is 0 Å². The van der Waals surface area contributed by atoms with E-state index in [0.717, 1.165) is 72.7 Å². The predicted octanol–water partition coefficient (Wildman–Crippen LogP) is 9.79. The molecule has 4 heterocycles. The first-order valence-corrected chi connectivity index (χ1v) is 25.0. The lowest BCUT2D eigenvalue weighted by Gasteiger charge is -2.37. The fraction of sp³-hybridized carbons (Fsp3) is 0.431. The summed E-state index contributed by atoms with van der Waals surface area (Å²) in [5, 5.41) is 5.55. The van der Waals surface area contributed by atoms with E-state index in [-0.39, 0.29) is 28.9 Å². The molecule has 13 nitrogen and oxygen atoms in total. The van der Waals surface area contributed by atoms with Gasteiger partial charge in [-0.1, -0.05) is 97.1 Å². The minimum absolute atomic E-state index is 0.0399. The van der Waals surface area contributed by atoms with Crippen molar-refractivity contribution in [1.82, 2.24) is 24.3 Å². The van der Waals surface area contributed by atoms with Gasteiger partial charge in [-0.2, -0.15) is 0 Å². The second-order valence-corrected chi connectivity index (χ2v) is 20.7. The number of fused-ring (bicyclic) bond motifs is 2. The molecule has 2 aliphatic heterocycles. The SMILES string of the molecule is CC(C)(C)OC(=O)N1CCC(C(CN)c2ccccc2)CC1.Cn1c(=O)c(C=O)cc2ccccc21.Cn1c(=O)c(CNCC(c2ccccc2)C2CCN(C(=O)OC(C)(C)C)CC2)cc2ccccc21. The molecule has 2 atom stereocenters. The monoisotopic (exact) mass is 967 g/mol. The molecule has 71 heavy (non-hydrogen) atoms. The van der Waals surface area contributed by atoms with Crippen molar-refractivity contribution >= 4 is 40.3 Å². The van der Waals surface area contributed by atoms with Crippen LogP contribution in [0.4, 0.5) is 9.59 Å². The maximum atomic E-state index is 12.9. The second-order valence-electron chi connectivity index (χ2n) is 20.7. The van der Waals surface area contributed by atoms with Gasteiger partial charge in [0.25, 0.3) is 11.1 Å². The molecule has 2 aromatic heterocycles. The average Bonchev–Trinajstić information content (AvgIpc) is 3.36. The number of para-hydroxylation sites is 2. The summed E-state index contributed by atoms with van der Waals surface area (Å²) < 4.78 is 14.2. The second kappa shape index (κ2) is 24.5. The number of amides is 2. The first-order valence-electron chi connectivity index (χ1n) is 25.0. The van der Waals surface area contributed by atoms with E-state index < -0.39 is 11.2 Å². The van der Waals surface area contributed by atoms with Gasteiger partial charge in [0.2, 0.25) is 0 Å². The number of pyridine rings is 2. The molecule has 6 aromatic rings. The summed E-state index contributed by atoms with van der Waals surface area (Å²) in [6.45, 7) is 16.3. The van der Waals surface area contributed by atoms with Crippen molar-refractivity contribution in [3.63, 3.8) is 0 Å². The number of hydrogen-bond acceptors (Lipinski definition) is 9. The molecule has 378 valence electrons. The number of likely N-dealkylation sites (tertiary alicyclic amines) is 2. The molecule has 8 rings (SSSR count). The Labute approximate surface area is 418 Å². The van der Waals surface area contributed by atoms with Gasteiger partial charge in [-0.25, -0.2) is 9.59 Å². The molecule has 2 aliphatic rings. The van der Waals surface area contributed by atoms with Crippen LogP contribution in [-0.2, 0) is 30.1 Å². The summed E-state index contributed by atoms with van der Waals surface area (Å²) in [4.78, 5) is 63.3. The quantitative estimate of drug-likeness (QED) is 0.128. The zero-order chi connectivity index (χ0) is 51.3. The lowest BCUT2D eigenvalue weighted by Crippen LogP contribution is -2.43. The number of aldehydes is 1. The average molecular weight is 967 g/mol. The Morgan fingerprint density at radius 1 is 0.620 bits per heavy atom. The van der Waals surface area contributed by atoms with Crippen LogP contribution in [0.1, 0.15) is 106 Å². The largest absolute Gasteiger partial charge is 0.444 e. The number of hydrogen-bond donors (Lipinski definition) is 2. The third kappa shape index (κ3) is 14.7. The van der Waals surface area contributed by atoms with Crippen molar-refractivity contribution in [3.8, 4) is 0 Å². The van der Waals surface area contributed by atoms with Gasteiger partial charge in [-0.15, -0.1) is 0 Å². The van der Waals surface area contributed by atoms with Crippen LogP contribution in [0.25, 0.3) is 21.8 Å². The molecule has 4 aromatic carbocycles. The first kappa shape index (κ1) is 53.8. The van der Waals surface area contributed by atoms with Gasteiger partial charge in [-0.05, 0) is 144 Å². The molecule has 13 heteroatoms. The van der Waals surface area contributed by atoms with E-state index >= 15 is 0 Å². The number of piperidine rings is 2. The number of nitrogens with two attached hydrogens (primary N) is 1. The highest BCUT2D eigenvalue weighted by Gasteiger charge is 2.33. The van der Waals surface area contributed by atoms with Gasteiger partial charge in [0.1, 0.15) is 11.2 Å². The Morgan fingerprint density at radius 2 is 1.03 bits per heavy atom. The minimum Gasteiger partial charge on any atom is -0.444 e. The minimum atomic E-state index is -0.482. The summed E-state index contributed by atoms with van der Waals surface area (Å²) in [7, 11) is 3.50. The lowest BCUT2D eigenvalue weighted by atomic mass is 9.80. The molecule has 2 saturated heterocycles. The number of rotatable bonds is 10. The zero-order valence-electron chi connectivity index (χ0n) is 42.9. The first-order chi connectivity index (χ1) is 33.9. The molecular formula is C58H74N6O7. The van der Waals surface area contributed by atoms with Gasteiger partial charge < -0.3 is 39.5 Å². The van der Waals surface area contributed by atoms with E-state index in [1.165, 1.54) is 15.7 Å². The van der Waals surface area contributed by atoms with E-state index in [1.54, 1.807) is 17.7 Å². The molecule has 0 spiro atoms. The molecule has 0 bridgehead atoms. The number of carbonyl (C=O) groups excluding carboxylic acids is 3. The summed E-state index contributed by atoms with van der Waals surface area (Å²) in [5.41, 5.74) is 10.2. The van der Waals surface area contributed by atoms with Crippen molar-refractivity contribution in [2.24, 2.45) is 31.7 Å². The fourth-order valence-corrected chi connectivity index (χ4v) is 9.69. The summed E-state index contributed by atoms with van der Waals surface area (Å²) in [6, 6.07) is 40.1. The Balaban J connectivity index is 0.000000194. The van der Waals surface area contributed by atoms with Gasteiger partial charge in [0.05, 0.1) is 16.6 Å². The maximum Gasteiger partial charge on any atom is 0.410 e. The summed E-state index contributed by atoms with van der Waals surface area (Å²) in [5.74, 6) is 1.66. The van der Waals surface area contributed by atoms with Crippen molar-refractivity contribution in [2.75, 3.05) is 39.3 Å². The zero-order valence-corrected chi connectivity index (χ0v) is 42.9. The number of nitrogens with one attached hydrogen (secondary N) is 1. The van der Waals surface area contributed by atoms with Crippen LogP contribution in [-0.4, -0.2) is 87.9 Å². The summed E-state index contributed by atoms with van der Waals surface area (Å²) in [6.07, 6.45) is 3.99. The van der Waals surface area contributed by atoms with Crippen LogP contribution < -0.4 is 22.2 Å². The number of carbonyl (C=O) groups is 3. The van der Waals surface area contributed by atoms with Gasteiger partial charge in [0.15, 0.2) is 6.29 Å². The normalized spacial score (nSPS) is 15.5. The lowest BCUT2D eigenvalue weighted by molar-refractivity contribution is 0.0164. The number of aryl methyl sites for hydroxylation is 2. The van der Waals surface area contributed by atoms with E-state index in [2.05, 4.69) is 53.8 Å². The molecule has 0 saturated carbocycles. The van der Waals surface area contributed by atoms with Gasteiger partial charge >= 0.3 is 12.2 Å². The van der Waals surface area contributed by atoms with Crippen molar-refractivity contribution < 1.29 is 23.9 Å². The van der Waals surface area contributed by atoms with Crippen LogP contribution in [0.5, 0.6) is 0 Å². The third-order valence-corrected chi connectivity index (χ3v) is 13.4. The number of nitrogens with zero attached hydrogens (tertiary/aromatic N) is 4. The molecule has 2 fully saturated rings. The molecule has 0 aliphatic carbocycles. The molecular weight excluding hydrogens is 893 g/mol. The maximum absolute atomic E-state index is 12.9. The highest BCUT2D eigenvalue weighted by Crippen LogP contribution is 2.34. The van der Waals surface area contributed by atoms with E-state index in [0.29, 0.717) is 56.1 Å². The Morgan fingerprint density at radius 3 is 1.48 bits per heavy atom. The highest BCUT2D eigenvalue weighted by atomic mass is 16.6. The number of benzene rings is 4. The molecule has 3 N–H and O–H groups in total. The fourth-order valence-electron chi connectivity index (χ4n) is 9.69. The third-order valence-electron chi connectivity index (χ3n) is 13.4. The molecule has 2 amide bonds. The van der Waals surface area contributed by atoms with E-state index in [1.807, 2.05) is 125 Å². The van der Waals surface area contributed by atoms with Crippen LogP contribution in [0.2, 0.25) is 0 Å². The van der Waals surface area contributed by atoms with Crippen molar-refractivity contribution in [3.05, 3.63) is 164 Å². The van der Waals surface area contributed by atoms with Crippen molar-refractivity contribution in [2.45, 2.75) is 96.8 Å². The van der Waals surface area contributed by atoms with Crippen LogP contribution >= 0.6 is 0 Å². The van der Waals surface area contributed by atoms with Crippen LogP contribution in [0, 0.1) is 11.8 Å². The van der Waals surface area contributed by atoms with Gasteiger partial charge in [-0.3, -0.25) is 14.4 Å². The summed E-state index contributed by atoms with van der Waals surface area (Å²) >= 11 is 0. The van der Waals surface area contributed by atoms with E-state index in [9.17, 15) is 24.0 Å². The Hall–Kier alpha value is -6.57. The number of aromatic nitrogens is 2. The smallest absolute Gasteiger partial charge is 0.410 e. The van der Waals surface area contributed by atoms with E-state index in [4.69, 9.17) is 15.2 Å². The molecule has 0 radical (unpaired) electrons. The standard InChI is InChI=1S/C29H37N3O3.C18H28N2O2.C11H9NO2/c1-29(2,3)35-28(34)32-16-14-22(15-17-32)25(21-10-6-5-7-11-21)20-30-19-24-18-23-12-8-9-13-26(23)31(4)27(24)33;1-18(2,3)22-17(21)20-11-9-15(10-12-20)16(13-19)14-7-5-4-6-8-14;1-12-10-5-3-2-4-8(10)6-9(7-13)11(12)14/h5-13,18,22,25,30H,14-17,19-20H2,1-4H3;4-8,15-16H,9-13,19H2,1-3H3;2-7H,1H3. The predicted molar refractivity (Wildman–Crippen MR) is 284 cm³/mol. The Bertz CT molecular complexity index is 2820. The molecule has 2 unspecified atom stereocenters. The van der Waals surface area contributed by atoms with Crippen molar-refractivity contribution in [1.29, 1.82) is 0 Å².